The Balaban J connectivity index is 1.64. The number of guanidine groups is 1. The number of aryl methyl sites for hydroxylation is 2. The van der Waals surface area contributed by atoms with Gasteiger partial charge in [0, 0.05) is 57.5 Å². The number of aromatic nitrogens is 3. The van der Waals surface area contributed by atoms with Crippen LogP contribution in [0.15, 0.2) is 46.1 Å². The molecule has 3 aromatic rings. The molecule has 0 aliphatic carbocycles. The zero-order chi connectivity index (χ0) is 22.4. The van der Waals surface area contributed by atoms with Crippen molar-refractivity contribution in [2.24, 2.45) is 12.0 Å². The van der Waals surface area contributed by atoms with E-state index in [1.165, 1.54) is 11.1 Å². The maximum atomic E-state index is 5.67. The SMILES string of the molecule is CCNC(=NCCc1coc(-c2ccc(C)cc2)n1)N(C)Cc1cn(C)nc1C(C)C. The van der Waals surface area contributed by atoms with Crippen LogP contribution in [0.3, 0.4) is 0 Å². The van der Waals surface area contributed by atoms with Crippen molar-refractivity contribution in [2.45, 2.75) is 46.6 Å². The van der Waals surface area contributed by atoms with Crippen LogP contribution in [0, 0.1) is 6.92 Å². The van der Waals surface area contributed by atoms with Gasteiger partial charge in [0.05, 0.1) is 11.4 Å². The van der Waals surface area contributed by atoms with Crippen molar-refractivity contribution in [1.29, 1.82) is 0 Å². The average molecular weight is 423 g/mol. The largest absolute Gasteiger partial charge is 0.444 e. The number of hydrogen-bond donors (Lipinski definition) is 1. The van der Waals surface area contributed by atoms with E-state index in [0.29, 0.717) is 18.4 Å². The first kappa shape index (κ1) is 22.6. The summed E-state index contributed by atoms with van der Waals surface area (Å²) in [7, 11) is 4.03. The van der Waals surface area contributed by atoms with E-state index in [0.717, 1.165) is 42.4 Å². The van der Waals surface area contributed by atoms with Gasteiger partial charge in [-0.1, -0.05) is 31.5 Å². The topological polar surface area (TPSA) is 71.5 Å². The van der Waals surface area contributed by atoms with Crippen LogP contribution in [0.4, 0.5) is 0 Å². The third-order valence-corrected chi connectivity index (χ3v) is 5.07. The maximum absolute atomic E-state index is 5.67. The quantitative estimate of drug-likeness (QED) is 0.436. The van der Waals surface area contributed by atoms with Crippen molar-refractivity contribution in [3.05, 3.63) is 59.2 Å². The van der Waals surface area contributed by atoms with Gasteiger partial charge in [-0.05, 0) is 31.9 Å². The molecular weight excluding hydrogens is 388 g/mol. The van der Waals surface area contributed by atoms with E-state index in [-0.39, 0.29) is 0 Å². The summed E-state index contributed by atoms with van der Waals surface area (Å²) < 4.78 is 7.55. The predicted molar refractivity (Wildman–Crippen MR) is 125 cm³/mol. The Labute approximate surface area is 185 Å². The van der Waals surface area contributed by atoms with Crippen molar-refractivity contribution in [3.8, 4) is 11.5 Å². The summed E-state index contributed by atoms with van der Waals surface area (Å²) in [6.45, 7) is 10.7. The molecule has 31 heavy (non-hydrogen) atoms. The first-order chi connectivity index (χ1) is 14.9. The molecule has 2 heterocycles. The lowest BCUT2D eigenvalue weighted by Gasteiger charge is -2.22. The summed E-state index contributed by atoms with van der Waals surface area (Å²) in [5.74, 6) is 1.92. The summed E-state index contributed by atoms with van der Waals surface area (Å²) in [5.41, 5.74) is 5.48. The van der Waals surface area contributed by atoms with E-state index < -0.39 is 0 Å². The van der Waals surface area contributed by atoms with Crippen LogP contribution < -0.4 is 5.32 Å². The fourth-order valence-corrected chi connectivity index (χ4v) is 3.49. The van der Waals surface area contributed by atoms with Gasteiger partial charge in [-0.15, -0.1) is 0 Å². The normalized spacial score (nSPS) is 11.9. The molecule has 0 atom stereocenters. The highest BCUT2D eigenvalue weighted by Gasteiger charge is 2.15. The van der Waals surface area contributed by atoms with Gasteiger partial charge in [0.25, 0.3) is 0 Å². The molecule has 166 valence electrons. The Morgan fingerprint density at radius 2 is 2.00 bits per heavy atom. The average Bonchev–Trinajstić information content (AvgIpc) is 3.34. The third-order valence-electron chi connectivity index (χ3n) is 5.07. The van der Waals surface area contributed by atoms with Gasteiger partial charge in [-0.3, -0.25) is 9.67 Å². The molecule has 0 saturated carbocycles. The van der Waals surface area contributed by atoms with Crippen LogP contribution in [0.1, 0.15) is 49.2 Å². The molecule has 0 aliphatic rings. The Morgan fingerprint density at radius 3 is 2.68 bits per heavy atom. The van der Waals surface area contributed by atoms with E-state index >= 15 is 0 Å². The molecule has 0 spiro atoms. The second-order valence-electron chi connectivity index (χ2n) is 8.22. The van der Waals surface area contributed by atoms with Crippen LogP contribution in [-0.4, -0.2) is 45.8 Å². The van der Waals surface area contributed by atoms with Crippen LogP contribution in [0.5, 0.6) is 0 Å². The van der Waals surface area contributed by atoms with Gasteiger partial charge in [0.1, 0.15) is 6.26 Å². The molecule has 1 aromatic carbocycles. The molecule has 0 unspecified atom stereocenters. The molecule has 7 heteroatoms. The van der Waals surface area contributed by atoms with Gasteiger partial charge in [0.2, 0.25) is 5.89 Å². The first-order valence-corrected chi connectivity index (χ1v) is 10.9. The first-order valence-electron chi connectivity index (χ1n) is 10.9. The number of nitrogens with one attached hydrogen (secondary N) is 1. The highest BCUT2D eigenvalue weighted by Crippen LogP contribution is 2.20. The van der Waals surface area contributed by atoms with Crippen LogP contribution in [0.25, 0.3) is 11.5 Å². The zero-order valence-corrected chi connectivity index (χ0v) is 19.5. The molecule has 7 nitrogen and oxygen atoms in total. The Morgan fingerprint density at radius 1 is 1.26 bits per heavy atom. The van der Waals surface area contributed by atoms with Crippen molar-refractivity contribution < 1.29 is 4.42 Å². The van der Waals surface area contributed by atoms with Gasteiger partial charge >= 0.3 is 0 Å². The summed E-state index contributed by atoms with van der Waals surface area (Å²) >= 11 is 0. The van der Waals surface area contributed by atoms with Crippen LogP contribution in [0.2, 0.25) is 0 Å². The zero-order valence-electron chi connectivity index (χ0n) is 19.5. The fraction of sp³-hybridized carbons (Fsp3) is 0.458. The molecule has 0 radical (unpaired) electrons. The third kappa shape index (κ3) is 5.96. The minimum absolute atomic E-state index is 0.388. The Bertz CT molecular complexity index is 1000. The second kappa shape index (κ2) is 10.3. The molecule has 0 fully saturated rings. The number of nitrogens with zero attached hydrogens (tertiary/aromatic N) is 5. The lowest BCUT2D eigenvalue weighted by Crippen LogP contribution is -2.38. The summed E-state index contributed by atoms with van der Waals surface area (Å²) in [4.78, 5) is 11.6. The van der Waals surface area contributed by atoms with Gasteiger partial charge in [-0.2, -0.15) is 5.10 Å². The van der Waals surface area contributed by atoms with Crippen molar-refractivity contribution in [2.75, 3.05) is 20.1 Å². The van der Waals surface area contributed by atoms with E-state index in [1.54, 1.807) is 6.26 Å². The molecule has 0 bridgehead atoms. The van der Waals surface area contributed by atoms with Gasteiger partial charge < -0.3 is 14.6 Å². The van der Waals surface area contributed by atoms with Crippen molar-refractivity contribution in [1.82, 2.24) is 25.0 Å². The smallest absolute Gasteiger partial charge is 0.226 e. The number of benzene rings is 1. The number of rotatable bonds is 8. The molecule has 2 aromatic heterocycles. The lowest BCUT2D eigenvalue weighted by atomic mass is 10.1. The van der Waals surface area contributed by atoms with E-state index in [9.17, 15) is 0 Å². The maximum Gasteiger partial charge on any atom is 0.226 e. The van der Waals surface area contributed by atoms with E-state index in [2.05, 4.69) is 73.4 Å². The van der Waals surface area contributed by atoms with E-state index in [1.807, 2.05) is 23.9 Å². The standard InChI is InChI=1S/C24H34N6O/c1-7-25-24(29(5)14-20-15-30(6)28-22(20)17(2)3)26-13-12-21-16-31-23(27-21)19-10-8-18(4)9-11-19/h8-11,15-17H,7,12-14H2,1-6H3,(H,25,26). The number of hydrogen-bond acceptors (Lipinski definition) is 4. The Kier molecular flexibility index (Phi) is 7.50. The minimum atomic E-state index is 0.388. The monoisotopic (exact) mass is 422 g/mol. The highest BCUT2D eigenvalue weighted by atomic mass is 16.3. The van der Waals surface area contributed by atoms with Crippen molar-refractivity contribution >= 4 is 5.96 Å². The van der Waals surface area contributed by atoms with Gasteiger partial charge in [0.15, 0.2) is 5.96 Å². The number of oxazole rings is 1. The predicted octanol–water partition coefficient (Wildman–Crippen LogP) is 4.15. The molecule has 0 saturated heterocycles. The summed E-state index contributed by atoms with van der Waals surface area (Å²) in [6.07, 6.45) is 4.55. The number of aliphatic imine (C=N–C) groups is 1. The molecular formula is C24H34N6O. The summed E-state index contributed by atoms with van der Waals surface area (Å²) in [6, 6.07) is 8.19. The molecule has 0 amide bonds. The summed E-state index contributed by atoms with van der Waals surface area (Å²) in [5, 5.41) is 8.00. The molecule has 1 N–H and O–H groups in total. The minimum Gasteiger partial charge on any atom is -0.444 e. The van der Waals surface area contributed by atoms with Gasteiger partial charge in [-0.25, -0.2) is 4.98 Å². The lowest BCUT2D eigenvalue weighted by molar-refractivity contribution is 0.473. The van der Waals surface area contributed by atoms with Crippen molar-refractivity contribution in [3.63, 3.8) is 0 Å². The molecule has 3 rings (SSSR count). The highest BCUT2D eigenvalue weighted by molar-refractivity contribution is 5.79. The Hall–Kier alpha value is -3.09. The van der Waals surface area contributed by atoms with Crippen LogP contribution in [-0.2, 0) is 20.0 Å². The molecule has 0 aliphatic heterocycles. The fourth-order valence-electron chi connectivity index (χ4n) is 3.49. The van der Waals surface area contributed by atoms with Crippen LogP contribution >= 0.6 is 0 Å². The second-order valence-corrected chi connectivity index (χ2v) is 8.22. The van der Waals surface area contributed by atoms with E-state index in [4.69, 9.17) is 9.41 Å².